The van der Waals surface area contributed by atoms with Crippen LogP contribution in [0.25, 0.3) is 0 Å². The molecular formula is C23H23N3O3. The number of furan rings is 1. The molecule has 1 aromatic heterocycles. The van der Waals surface area contributed by atoms with Crippen molar-refractivity contribution in [2.24, 2.45) is 0 Å². The Balaban J connectivity index is 1.40. The van der Waals surface area contributed by atoms with E-state index in [1.807, 2.05) is 54.3 Å². The summed E-state index contributed by atoms with van der Waals surface area (Å²) >= 11 is 0. The Labute approximate surface area is 169 Å². The Kier molecular flexibility index (Phi) is 5.33. The minimum Gasteiger partial charge on any atom is -0.467 e. The Morgan fingerprint density at radius 3 is 2.59 bits per heavy atom. The van der Waals surface area contributed by atoms with Gasteiger partial charge in [-0.1, -0.05) is 29.8 Å². The highest BCUT2D eigenvalue weighted by Crippen LogP contribution is 2.30. The first-order valence-electron chi connectivity index (χ1n) is 9.64. The van der Waals surface area contributed by atoms with Crippen molar-refractivity contribution in [3.05, 3.63) is 88.9 Å². The van der Waals surface area contributed by atoms with E-state index < -0.39 is 0 Å². The van der Waals surface area contributed by atoms with Gasteiger partial charge < -0.3 is 20.0 Å². The molecule has 3 amide bonds. The molecule has 6 heteroatoms. The van der Waals surface area contributed by atoms with Crippen LogP contribution in [0.4, 0.5) is 10.5 Å². The monoisotopic (exact) mass is 389 g/mol. The molecule has 0 bridgehead atoms. The average molecular weight is 389 g/mol. The number of amides is 3. The number of rotatable bonds is 5. The fraction of sp³-hybridized carbons (Fsp3) is 0.217. The van der Waals surface area contributed by atoms with Crippen molar-refractivity contribution in [1.82, 2.24) is 10.6 Å². The van der Waals surface area contributed by atoms with Crippen LogP contribution in [0.3, 0.4) is 0 Å². The minimum atomic E-state index is -0.269. The van der Waals surface area contributed by atoms with Crippen molar-refractivity contribution in [2.45, 2.75) is 26.4 Å². The first-order chi connectivity index (χ1) is 14.1. The highest BCUT2D eigenvalue weighted by Gasteiger charge is 2.25. The van der Waals surface area contributed by atoms with Crippen LogP contribution in [0.5, 0.6) is 0 Å². The molecule has 148 valence electrons. The third kappa shape index (κ3) is 4.32. The molecule has 0 saturated heterocycles. The second kappa shape index (κ2) is 8.22. The lowest BCUT2D eigenvalue weighted by molar-refractivity contribution is 0.0989. The van der Waals surface area contributed by atoms with E-state index in [9.17, 15) is 9.59 Å². The maximum atomic E-state index is 12.9. The quantitative estimate of drug-likeness (QED) is 0.697. The third-order valence-corrected chi connectivity index (χ3v) is 5.05. The van der Waals surface area contributed by atoms with Gasteiger partial charge in [-0.05, 0) is 54.8 Å². The molecule has 1 aliphatic heterocycles. The van der Waals surface area contributed by atoms with E-state index in [1.165, 1.54) is 0 Å². The van der Waals surface area contributed by atoms with Crippen molar-refractivity contribution in [2.75, 3.05) is 11.4 Å². The predicted molar refractivity (Wildman–Crippen MR) is 111 cm³/mol. The van der Waals surface area contributed by atoms with Gasteiger partial charge in [-0.25, -0.2) is 4.79 Å². The number of carbonyl (C=O) groups is 2. The zero-order chi connectivity index (χ0) is 20.2. The molecule has 2 heterocycles. The van der Waals surface area contributed by atoms with Gasteiger partial charge in [0.1, 0.15) is 5.76 Å². The summed E-state index contributed by atoms with van der Waals surface area (Å²) < 4.78 is 5.19. The molecule has 2 N–H and O–H groups in total. The summed E-state index contributed by atoms with van der Waals surface area (Å²) in [6.45, 7) is 3.39. The third-order valence-electron chi connectivity index (χ3n) is 5.05. The minimum absolute atomic E-state index is 0.00468. The Morgan fingerprint density at radius 1 is 1.03 bits per heavy atom. The van der Waals surface area contributed by atoms with Gasteiger partial charge in [0, 0.05) is 24.3 Å². The Morgan fingerprint density at radius 2 is 1.83 bits per heavy atom. The fourth-order valence-electron chi connectivity index (χ4n) is 3.42. The van der Waals surface area contributed by atoms with Crippen LogP contribution in [0.2, 0.25) is 0 Å². The number of fused-ring (bicyclic) bond motifs is 1. The van der Waals surface area contributed by atoms with Gasteiger partial charge in [0.15, 0.2) is 0 Å². The van der Waals surface area contributed by atoms with Crippen LogP contribution in [0.1, 0.15) is 32.8 Å². The standard InChI is InChI=1S/C23H23N3O3/c1-16-4-7-19(8-5-16)22(27)26-11-10-18-9-6-17(13-21(18)26)14-24-23(28)25-15-20-3-2-12-29-20/h2-9,12-13H,10-11,14-15H2,1H3,(H2,24,25,28). The van der Waals surface area contributed by atoms with Crippen LogP contribution in [0, 0.1) is 6.92 Å². The average Bonchev–Trinajstić information content (AvgIpc) is 3.40. The number of carbonyl (C=O) groups excluding carboxylic acids is 2. The van der Waals surface area contributed by atoms with Crippen LogP contribution in [0.15, 0.2) is 65.3 Å². The molecule has 4 rings (SSSR count). The number of aryl methyl sites for hydroxylation is 1. The van der Waals surface area contributed by atoms with Gasteiger partial charge >= 0.3 is 6.03 Å². The smallest absolute Gasteiger partial charge is 0.315 e. The molecule has 0 atom stereocenters. The molecule has 0 radical (unpaired) electrons. The zero-order valence-corrected chi connectivity index (χ0v) is 16.3. The largest absolute Gasteiger partial charge is 0.467 e. The molecule has 1 aliphatic rings. The summed E-state index contributed by atoms with van der Waals surface area (Å²) in [5.74, 6) is 0.702. The van der Waals surface area contributed by atoms with Gasteiger partial charge in [-0.15, -0.1) is 0 Å². The van der Waals surface area contributed by atoms with E-state index in [-0.39, 0.29) is 11.9 Å². The molecule has 0 fully saturated rings. The molecule has 29 heavy (non-hydrogen) atoms. The second-order valence-corrected chi connectivity index (χ2v) is 7.15. The van der Waals surface area contributed by atoms with Gasteiger partial charge in [-0.3, -0.25) is 4.79 Å². The summed E-state index contributed by atoms with van der Waals surface area (Å²) in [6, 6.07) is 17.0. The van der Waals surface area contributed by atoms with Gasteiger partial charge in [-0.2, -0.15) is 0 Å². The van der Waals surface area contributed by atoms with Crippen LogP contribution >= 0.6 is 0 Å². The number of urea groups is 1. The summed E-state index contributed by atoms with van der Waals surface area (Å²) in [4.78, 5) is 26.8. The number of hydrogen-bond acceptors (Lipinski definition) is 3. The molecule has 0 unspecified atom stereocenters. The van der Waals surface area contributed by atoms with E-state index in [4.69, 9.17) is 4.42 Å². The van der Waals surface area contributed by atoms with Crippen LogP contribution in [-0.4, -0.2) is 18.5 Å². The predicted octanol–water partition coefficient (Wildman–Crippen LogP) is 3.79. The maximum Gasteiger partial charge on any atom is 0.315 e. The van der Waals surface area contributed by atoms with Crippen molar-refractivity contribution >= 4 is 17.6 Å². The maximum absolute atomic E-state index is 12.9. The van der Waals surface area contributed by atoms with Crippen LogP contribution in [-0.2, 0) is 19.5 Å². The first kappa shape index (κ1) is 18.8. The summed E-state index contributed by atoms with van der Waals surface area (Å²) in [6.07, 6.45) is 2.41. The van der Waals surface area contributed by atoms with Gasteiger partial charge in [0.05, 0.1) is 12.8 Å². The topological polar surface area (TPSA) is 74.6 Å². The molecule has 0 aliphatic carbocycles. The highest BCUT2D eigenvalue weighted by atomic mass is 16.3. The Hall–Kier alpha value is -3.54. The Bertz CT molecular complexity index is 1010. The second-order valence-electron chi connectivity index (χ2n) is 7.15. The zero-order valence-electron chi connectivity index (χ0n) is 16.3. The summed E-state index contributed by atoms with van der Waals surface area (Å²) in [5, 5.41) is 5.59. The number of hydrogen-bond donors (Lipinski definition) is 2. The molecule has 0 spiro atoms. The molecule has 0 saturated carbocycles. The number of nitrogens with one attached hydrogen (secondary N) is 2. The van der Waals surface area contributed by atoms with E-state index >= 15 is 0 Å². The van der Waals surface area contributed by atoms with E-state index in [1.54, 1.807) is 18.4 Å². The number of anilines is 1. The van der Waals surface area contributed by atoms with E-state index in [0.717, 1.165) is 28.8 Å². The van der Waals surface area contributed by atoms with Crippen LogP contribution < -0.4 is 15.5 Å². The van der Waals surface area contributed by atoms with Gasteiger partial charge in [0.2, 0.25) is 0 Å². The van der Waals surface area contributed by atoms with Gasteiger partial charge in [0.25, 0.3) is 5.91 Å². The molecule has 2 aromatic carbocycles. The number of nitrogens with zero attached hydrogens (tertiary/aromatic N) is 1. The molecular weight excluding hydrogens is 366 g/mol. The summed E-state index contributed by atoms with van der Waals surface area (Å²) in [7, 11) is 0. The molecule has 6 nitrogen and oxygen atoms in total. The lowest BCUT2D eigenvalue weighted by Gasteiger charge is -2.18. The van der Waals surface area contributed by atoms with E-state index in [2.05, 4.69) is 10.6 Å². The first-order valence-corrected chi connectivity index (χ1v) is 9.64. The highest BCUT2D eigenvalue weighted by molar-refractivity contribution is 6.07. The summed E-state index contributed by atoms with van der Waals surface area (Å²) in [5.41, 5.74) is 4.83. The van der Waals surface area contributed by atoms with Crippen molar-refractivity contribution < 1.29 is 14.0 Å². The molecule has 3 aromatic rings. The van der Waals surface area contributed by atoms with E-state index in [0.29, 0.717) is 31.0 Å². The lowest BCUT2D eigenvalue weighted by atomic mass is 10.1. The lowest BCUT2D eigenvalue weighted by Crippen LogP contribution is -2.34. The fourth-order valence-corrected chi connectivity index (χ4v) is 3.42. The normalized spacial score (nSPS) is 12.5. The van der Waals surface area contributed by atoms with Crippen molar-refractivity contribution in [1.29, 1.82) is 0 Å². The number of benzene rings is 2. The SMILES string of the molecule is Cc1ccc(C(=O)N2CCc3ccc(CNC(=O)NCc4ccco4)cc32)cc1. The van der Waals surface area contributed by atoms with Crippen molar-refractivity contribution in [3.63, 3.8) is 0 Å². The van der Waals surface area contributed by atoms with Crippen molar-refractivity contribution in [3.8, 4) is 0 Å².